The number of rotatable bonds is 9. The van der Waals surface area contributed by atoms with Crippen molar-refractivity contribution in [2.24, 2.45) is 0 Å². The number of hydrogen-bond acceptors (Lipinski definition) is 5. The second kappa shape index (κ2) is 8.90. The van der Waals surface area contributed by atoms with Crippen LogP contribution in [0.3, 0.4) is 0 Å². The summed E-state index contributed by atoms with van der Waals surface area (Å²) in [5.74, 6) is 0.569. The molecule has 0 saturated heterocycles. The molecular weight excluding hydrogens is 320 g/mol. The number of alkyl halides is 2. The number of H-pyrrole nitrogens is 1. The molecule has 0 aliphatic heterocycles. The maximum absolute atomic E-state index is 12.1. The van der Waals surface area contributed by atoms with Crippen LogP contribution in [0.25, 0.3) is 0 Å². The van der Waals surface area contributed by atoms with Gasteiger partial charge in [-0.05, 0) is 30.5 Å². The normalized spacial score (nSPS) is 12.2. The lowest BCUT2D eigenvalue weighted by molar-refractivity contribution is -0.121. The van der Waals surface area contributed by atoms with Crippen molar-refractivity contribution >= 4 is 5.91 Å². The zero-order valence-electron chi connectivity index (χ0n) is 13.2. The Morgan fingerprint density at radius 1 is 1.33 bits per heavy atom. The lowest BCUT2D eigenvalue weighted by Gasteiger charge is -2.15. The minimum absolute atomic E-state index is 0.0584. The van der Waals surface area contributed by atoms with Crippen molar-refractivity contribution in [2.75, 3.05) is 0 Å². The third kappa shape index (κ3) is 5.90. The molecule has 7 nitrogen and oxygen atoms in total. The Morgan fingerprint density at radius 2 is 2.08 bits per heavy atom. The number of carbonyl (C=O) groups excluding carboxylic acids is 1. The molecule has 0 radical (unpaired) electrons. The van der Waals surface area contributed by atoms with Crippen LogP contribution in [-0.4, -0.2) is 39.2 Å². The summed E-state index contributed by atoms with van der Waals surface area (Å²) in [6, 6.07) is 6.20. The summed E-state index contributed by atoms with van der Waals surface area (Å²) in [6.07, 6.45) is 2.08. The zero-order valence-corrected chi connectivity index (χ0v) is 13.2. The molecule has 1 unspecified atom stereocenters. The summed E-state index contributed by atoms with van der Waals surface area (Å²) in [6.45, 7) is -0.876. The average molecular weight is 339 g/mol. The Morgan fingerprint density at radius 3 is 2.67 bits per heavy atom. The molecular formula is C15H19F2N5O2. The third-order valence-electron chi connectivity index (χ3n) is 3.47. The highest BCUT2D eigenvalue weighted by Crippen LogP contribution is 2.15. The lowest BCUT2D eigenvalue weighted by atomic mass is 10.1. The van der Waals surface area contributed by atoms with Gasteiger partial charge in [0.05, 0.1) is 0 Å². The van der Waals surface area contributed by atoms with Crippen molar-refractivity contribution in [1.82, 2.24) is 25.9 Å². The van der Waals surface area contributed by atoms with Gasteiger partial charge in [0, 0.05) is 18.9 Å². The first-order valence-electron chi connectivity index (χ1n) is 7.62. The number of benzene rings is 1. The van der Waals surface area contributed by atoms with Gasteiger partial charge in [-0.3, -0.25) is 4.79 Å². The van der Waals surface area contributed by atoms with Crippen molar-refractivity contribution in [1.29, 1.82) is 0 Å². The van der Waals surface area contributed by atoms with Crippen molar-refractivity contribution in [2.45, 2.75) is 45.3 Å². The van der Waals surface area contributed by atoms with Crippen LogP contribution in [0.1, 0.15) is 31.2 Å². The molecule has 0 aliphatic rings. The molecule has 1 amide bonds. The first kappa shape index (κ1) is 17.8. The predicted molar refractivity (Wildman–Crippen MR) is 81.5 cm³/mol. The molecule has 0 saturated carbocycles. The van der Waals surface area contributed by atoms with Gasteiger partial charge in [-0.2, -0.15) is 14.0 Å². The fraction of sp³-hybridized carbons (Fsp3) is 0.467. The Labute approximate surface area is 137 Å². The van der Waals surface area contributed by atoms with E-state index in [2.05, 4.69) is 30.7 Å². The fourth-order valence-electron chi connectivity index (χ4n) is 2.18. The van der Waals surface area contributed by atoms with E-state index in [1.165, 1.54) is 12.1 Å². The van der Waals surface area contributed by atoms with E-state index < -0.39 is 6.61 Å². The van der Waals surface area contributed by atoms with E-state index in [0.717, 1.165) is 12.0 Å². The first-order chi connectivity index (χ1) is 11.6. The van der Waals surface area contributed by atoms with E-state index in [9.17, 15) is 13.6 Å². The van der Waals surface area contributed by atoms with Gasteiger partial charge in [0.1, 0.15) is 5.75 Å². The molecule has 1 heterocycles. The standard InChI is InChI=1S/C15H19F2N5O2/c1-2-11(9-13-19-21-22-20-13)18-14(23)8-5-10-3-6-12(7-4-10)24-15(16)17/h3-4,6-7,11,15H,2,5,8-9H2,1H3,(H,18,23)(H,19,20,21,22). The summed E-state index contributed by atoms with van der Waals surface area (Å²) < 4.78 is 28.4. The van der Waals surface area contributed by atoms with Crippen molar-refractivity contribution in [3.8, 4) is 5.75 Å². The van der Waals surface area contributed by atoms with Crippen LogP contribution in [-0.2, 0) is 17.6 Å². The van der Waals surface area contributed by atoms with Crippen LogP contribution in [0.5, 0.6) is 5.75 Å². The number of ether oxygens (including phenoxy) is 1. The van der Waals surface area contributed by atoms with E-state index in [1.807, 2.05) is 6.92 Å². The number of amides is 1. The van der Waals surface area contributed by atoms with E-state index in [0.29, 0.717) is 25.1 Å². The van der Waals surface area contributed by atoms with Crippen molar-refractivity contribution in [3.63, 3.8) is 0 Å². The highest BCUT2D eigenvalue weighted by Gasteiger charge is 2.13. The van der Waals surface area contributed by atoms with Gasteiger partial charge >= 0.3 is 6.61 Å². The van der Waals surface area contributed by atoms with Gasteiger partial charge in [-0.25, -0.2) is 0 Å². The highest BCUT2D eigenvalue weighted by molar-refractivity contribution is 5.76. The summed E-state index contributed by atoms with van der Waals surface area (Å²) >= 11 is 0. The smallest absolute Gasteiger partial charge is 0.387 e. The van der Waals surface area contributed by atoms with E-state index in [1.54, 1.807) is 12.1 Å². The zero-order chi connectivity index (χ0) is 17.4. The number of tetrazole rings is 1. The molecule has 1 atom stereocenters. The van der Waals surface area contributed by atoms with Crippen LogP contribution >= 0.6 is 0 Å². The molecule has 0 fully saturated rings. The number of carbonyl (C=O) groups is 1. The molecule has 0 bridgehead atoms. The van der Waals surface area contributed by atoms with Crippen LogP contribution < -0.4 is 10.1 Å². The second-order valence-corrected chi connectivity index (χ2v) is 5.23. The molecule has 0 aliphatic carbocycles. The van der Waals surface area contributed by atoms with Crippen LogP contribution in [0, 0.1) is 0 Å². The number of aryl methyl sites for hydroxylation is 1. The molecule has 1 aromatic carbocycles. The molecule has 130 valence electrons. The molecule has 1 aromatic heterocycles. The second-order valence-electron chi connectivity index (χ2n) is 5.23. The number of aromatic nitrogens is 4. The monoisotopic (exact) mass is 339 g/mol. The van der Waals surface area contributed by atoms with Gasteiger partial charge in [0.2, 0.25) is 5.91 Å². The lowest BCUT2D eigenvalue weighted by Crippen LogP contribution is -2.36. The SMILES string of the molecule is CCC(Cc1nn[nH]n1)NC(=O)CCc1ccc(OC(F)F)cc1. The van der Waals surface area contributed by atoms with E-state index in [4.69, 9.17) is 0 Å². The third-order valence-corrected chi connectivity index (χ3v) is 3.47. The minimum Gasteiger partial charge on any atom is -0.435 e. The molecule has 9 heteroatoms. The topological polar surface area (TPSA) is 92.8 Å². The number of nitrogens with zero attached hydrogens (tertiary/aromatic N) is 3. The molecule has 2 N–H and O–H groups in total. The molecule has 2 aromatic rings. The number of halogens is 2. The average Bonchev–Trinajstić information content (AvgIpc) is 3.06. The largest absolute Gasteiger partial charge is 0.435 e. The Hall–Kier alpha value is -2.58. The van der Waals surface area contributed by atoms with Crippen LogP contribution in [0.4, 0.5) is 8.78 Å². The van der Waals surface area contributed by atoms with Gasteiger partial charge in [-0.15, -0.1) is 10.2 Å². The maximum Gasteiger partial charge on any atom is 0.387 e. The van der Waals surface area contributed by atoms with E-state index in [-0.39, 0.29) is 17.7 Å². The summed E-state index contributed by atoms with van der Waals surface area (Å²) in [7, 11) is 0. The Balaban J connectivity index is 1.77. The number of nitrogens with one attached hydrogen (secondary N) is 2. The maximum atomic E-state index is 12.1. The van der Waals surface area contributed by atoms with Gasteiger partial charge < -0.3 is 10.1 Å². The Kier molecular flexibility index (Phi) is 6.59. The van der Waals surface area contributed by atoms with Gasteiger partial charge in [0.15, 0.2) is 5.82 Å². The molecule has 2 rings (SSSR count). The summed E-state index contributed by atoms with van der Waals surface area (Å²) in [4.78, 5) is 12.0. The minimum atomic E-state index is -2.84. The van der Waals surface area contributed by atoms with Crippen LogP contribution in [0.15, 0.2) is 24.3 Å². The van der Waals surface area contributed by atoms with Gasteiger partial charge in [0.25, 0.3) is 0 Å². The number of aromatic amines is 1. The van der Waals surface area contributed by atoms with E-state index >= 15 is 0 Å². The Bertz CT molecular complexity index is 619. The number of hydrogen-bond donors (Lipinski definition) is 2. The molecule has 24 heavy (non-hydrogen) atoms. The first-order valence-corrected chi connectivity index (χ1v) is 7.62. The fourth-order valence-corrected chi connectivity index (χ4v) is 2.18. The molecule has 0 spiro atoms. The van der Waals surface area contributed by atoms with Crippen molar-refractivity contribution in [3.05, 3.63) is 35.7 Å². The predicted octanol–water partition coefficient (Wildman–Crippen LogP) is 1.87. The quantitative estimate of drug-likeness (QED) is 0.727. The van der Waals surface area contributed by atoms with Crippen LogP contribution in [0.2, 0.25) is 0 Å². The van der Waals surface area contributed by atoms with Gasteiger partial charge in [-0.1, -0.05) is 24.3 Å². The summed E-state index contributed by atoms with van der Waals surface area (Å²) in [5.41, 5.74) is 0.873. The summed E-state index contributed by atoms with van der Waals surface area (Å²) in [5, 5.41) is 16.5. The highest BCUT2D eigenvalue weighted by atomic mass is 19.3. The van der Waals surface area contributed by atoms with Crippen molar-refractivity contribution < 1.29 is 18.3 Å².